The van der Waals surface area contributed by atoms with E-state index in [1.165, 1.54) is 4.57 Å². The Morgan fingerprint density at radius 2 is 1.79 bits per heavy atom. The predicted molar refractivity (Wildman–Crippen MR) is 126 cm³/mol. The summed E-state index contributed by atoms with van der Waals surface area (Å²) in [5.41, 5.74) is 2.70. The van der Waals surface area contributed by atoms with Gasteiger partial charge in [0.05, 0.1) is 23.4 Å². The summed E-state index contributed by atoms with van der Waals surface area (Å²) < 4.78 is 7.23. The molecule has 4 rings (SSSR count). The standard InChI is InChI=1S/C26H22N4O3/c1-18-28-24-9-5-3-7-22(24)26(32)30(18)16-25(31)29-23-8-4-2-6-20(23)17-33-21-12-10-19(11-13-21)14-15-27/h2-13H,14,16-17H2,1H3,(H,29,31). The maximum atomic E-state index is 12.8. The van der Waals surface area contributed by atoms with Gasteiger partial charge in [-0.1, -0.05) is 42.5 Å². The van der Waals surface area contributed by atoms with Gasteiger partial charge in [0.2, 0.25) is 5.91 Å². The molecule has 0 radical (unpaired) electrons. The molecule has 0 saturated carbocycles. The lowest BCUT2D eigenvalue weighted by Gasteiger charge is -2.14. The van der Waals surface area contributed by atoms with Crippen LogP contribution in [0.15, 0.2) is 77.6 Å². The first-order valence-electron chi connectivity index (χ1n) is 10.5. The molecule has 0 aliphatic carbocycles. The van der Waals surface area contributed by atoms with Crippen molar-refractivity contribution in [1.82, 2.24) is 9.55 Å². The van der Waals surface area contributed by atoms with Crippen molar-refractivity contribution in [1.29, 1.82) is 5.26 Å². The minimum atomic E-state index is -0.328. The lowest BCUT2D eigenvalue weighted by atomic mass is 10.1. The average molecular weight is 438 g/mol. The van der Waals surface area contributed by atoms with Crippen LogP contribution >= 0.6 is 0 Å². The quantitative estimate of drug-likeness (QED) is 0.471. The van der Waals surface area contributed by atoms with E-state index in [1.807, 2.05) is 48.5 Å². The van der Waals surface area contributed by atoms with Crippen LogP contribution in [0.2, 0.25) is 0 Å². The molecule has 7 heteroatoms. The van der Waals surface area contributed by atoms with Gasteiger partial charge in [-0.2, -0.15) is 5.26 Å². The molecule has 1 heterocycles. The lowest BCUT2D eigenvalue weighted by molar-refractivity contribution is -0.116. The molecule has 164 valence electrons. The minimum absolute atomic E-state index is 0.141. The van der Waals surface area contributed by atoms with Gasteiger partial charge in [-0.05, 0) is 42.8 Å². The number of aromatic nitrogens is 2. The van der Waals surface area contributed by atoms with Crippen molar-refractivity contribution in [2.45, 2.75) is 26.5 Å². The van der Waals surface area contributed by atoms with Crippen LogP contribution in [-0.4, -0.2) is 15.5 Å². The molecule has 0 bridgehead atoms. The monoisotopic (exact) mass is 438 g/mol. The third-order valence-electron chi connectivity index (χ3n) is 5.25. The summed E-state index contributed by atoms with van der Waals surface area (Å²) in [6.07, 6.45) is 0.352. The number of amides is 1. The largest absolute Gasteiger partial charge is 0.489 e. The molecule has 33 heavy (non-hydrogen) atoms. The van der Waals surface area contributed by atoms with E-state index >= 15 is 0 Å². The van der Waals surface area contributed by atoms with Gasteiger partial charge < -0.3 is 10.1 Å². The number of benzene rings is 3. The SMILES string of the molecule is Cc1nc2ccccc2c(=O)n1CC(=O)Nc1ccccc1COc1ccc(CC#N)cc1. The van der Waals surface area contributed by atoms with Crippen molar-refractivity contribution in [2.24, 2.45) is 0 Å². The molecular weight excluding hydrogens is 416 g/mol. The van der Waals surface area contributed by atoms with Crippen LogP contribution in [0.3, 0.4) is 0 Å². The summed E-state index contributed by atoms with van der Waals surface area (Å²) in [6.45, 7) is 1.83. The molecule has 1 aromatic heterocycles. The topological polar surface area (TPSA) is 97.0 Å². The van der Waals surface area contributed by atoms with E-state index in [-0.39, 0.29) is 24.6 Å². The first-order chi connectivity index (χ1) is 16.0. The van der Waals surface area contributed by atoms with Gasteiger partial charge >= 0.3 is 0 Å². The smallest absolute Gasteiger partial charge is 0.261 e. The second-order valence-electron chi connectivity index (χ2n) is 7.54. The molecule has 3 aromatic carbocycles. The van der Waals surface area contributed by atoms with Gasteiger partial charge in [0.15, 0.2) is 0 Å². The Labute approximate surface area is 190 Å². The van der Waals surface area contributed by atoms with Crippen LogP contribution in [0.5, 0.6) is 5.75 Å². The van der Waals surface area contributed by atoms with Crippen LogP contribution in [0.25, 0.3) is 10.9 Å². The van der Waals surface area contributed by atoms with E-state index in [0.717, 1.165) is 11.1 Å². The summed E-state index contributed by atoms with van der Waals surface area (Å²) in [5, 5.41) is 12.1. The fourth-order valence-corrected chi connectivity index (χ4v) is 3.52. The predicted octanol–water partition coefficient (Wildman–Crippen LogP) is 3.99. The van der Waals surface area contributed by atoms with Crippen molar-refractivity contribution in [3.63, 3.8) is 0 Å². The van der Waals surface area contributed by atoms with E-state index in [1.54, 1.807) is 31.2 Å². The van der Waals surface area contributed by atoms with Gasteiger partial charge in [0.1, 0.15) is 24.7 Å². The molecule has 0 atom stereocenters. The van der Waals surface area contributed by atoms with E-state index in [2.05, 4.69) is 16.4 Å². The molecule has 0 fully saturated rings. The number of hydrogen-bond donors (Lipinski definition) is 1. The Morgan fingerprint density at radius 3 is 2.58 bits per heavy atom. The molecule has 0 aliphatic heterocycles. The minimum Gasteiger partial charge on any atom is -0.489 e. The van der Waals surface area contributed by atoms with Gasteiger partial charge in [-0.15, -0.1) is 0 Å². The van der Waals surface area contributed by atoms with Crippen LogP contribution in [-0.2, 0) is 24.4 Å². The number of aryl methyl sites for hydroxylation is 1. The number of carbonyl (C=O) groups excluding carboxylic acids is 1. The number of hydrogen-bond acceptors (Lipinski definition) is 5. The average Bonchev–Trinajstić information content (AvgIpc) is 2.82. The number of anilines is 1. The zero-order valence-electron chi connectivity index (χ0n) is 18.1. The summed E-state index contributed by atoms with van der Waals surface area (Å²) in [6, 6.07) is 23.9. The second-order valence-corrected chi connectivity index (χ2v) is 7.54. The summed E-state index contributed by atoms with van der Waals surface area (Å²) in [4.78, 5) is 30.1. The number of nitriles is 1. The fourth-order valence-electron chi connectivity index (χ4n) is 3.52. The highest BCUT2D eigenvalue weighted by molar-refractivity contribution is 5.91. The van der Waals surface area contributed by atoms with Crippen LogP contribution in [0.1, 0.15) is 17.0 Å². The molecule has 7 nitrogen and oxygen atoms in total. The second kappa shape index (κ2) is 9.79. The van der Waals surface area contributed by atoms with E-state index in [9.17, 15) is 9.59 Å². The fraction of sp³-hybridized carbons (Fsp3) is 0.154. The molecular formula is C26H22N4O3. The number of nitrogens with zero attached hydrogens (tertiary/aromatic N) is 3. The first-order valence-corrected chi connectivity index (χ1v) is 10.5. The van der Waals surface area contributed by atoms with Crippen molar-refractivity contribution < 1.29 is 9.53 Å². The highest BCUT2D eigenvalue weighted by atomic mass is 16.5. The third kappa shape index (κ3) is 5.08. The third-order valence-corrected chi connectivity index (χ3v) is 5.25. The van der Waals surface area contributed by atoms with Gasteiger partial charge in [0.25, 0.3) is 5.56 Å². The molecule has 0 aliphatic rings. The van der Waals surface area contributed by atoms with Gasteiger partial charge in [-0.3, -0.25) is 14.2 Å². The van der Waals surface area contributed by atoms with E-state index < -0.39 is 0 Å². The summed E-state index contributed by atoms with van der Waals surface area (Å²) in [5.74, 6) is 0.818. The highest BCUT2D eigenvalue weighted by Crippen LogP contribution is 2.19. The Morgan fingerprint density at radius 1 is 1.06 bits per heavy atom. The zero-order chi connectivity index (χ0) is 23.2. The van der Waals surface area contributed by atoms with Crippen molar-refractivity contribution in [3.8, 4) is 11.8 Å². The lowest BCUT2D eigenvalue weighted by Crippen LogP contribution is -2.30. The van der Waals surface area contributed by atoms with Crippen LogP contribution < -0.4 is 15.6 Å². The molecule has 1 amide bonds. The maximum absolute atomic E-state index is 12.8. The molecule has 0 unspecified atom stereocenters. The number of rotatable bonds is 7. The van der Waals surface area contributed by atoms with E-state index in [4.69, 9.17) is 10.00 Å². The number of carbonyl (C=O) groups is 1. The Hall–Kier alpha value is -4.44. The number of ether oxygens (including phenoxy) is 1. The van der Waals surface area contributed by atoms with Crippen molar-refractivity contribution >= 4 is 22.5 Å². The number of fused-ring (bicyclic) bond motifs is 1. The summed E-state index contributed by atoms with van der Waals surface area (Å²) >= 11 is 0. The van der Waals surface area contributed by atoms with Crippen LogP contribution in [0, 0.1) is 18.3 Å². The van der Waals surface area contributed by atoms with Crippen molar-refractivity contribution in [3.05, 3.63) is 100 Å². The Kier molecular flexibility index (Phi) is 6.46. The summed E-state index contributed by atoms with van der Waals surface area (Å²) in [7, 11) is 0. The number of nitrogens with one attached hydrogen (secondary N) is 1. The molecule has 0 spiro atoms. The zero-order valence-corrected chi connectivity index (χ0v) is 18.1. The number of para-hydroxylation sites is 2. The molecule has 4 aromatic rings. The Bertz CT molecular complexity index is 1400. The maximum Gasteiger partial charge on any atom is 0.261 e. The normalized spacial score (nSPS) is 10.5. The molecule has 0 saturated heterocycles. The first kappa shape index (κ1) is 21.8. The van der Waals surface area contributed by atoms with Gasteiger partial charge in [0, 0.05) is 11.3 Å². The van der Waals surface area contributed by atoms with Crippen molar-refractivity contribution in [2.75, 3.05) is 5.32 Å². The Balaban J connectivity index is 1.47. The molecule has 1 N–H and O–H groups in total. The van der Waals surface area contributed by atoms with Crippen LogP contribution in [0.4, 0.5) is 5.69 Å². The highest BCUT2D eigenvalue weighted by Gasteiger charge is 2.13. The van der Waals surface area contributed by atoms with E-state index in [0.29, 0.717) is 34.6 Å². The van der Waals surface area contributed by atoms with Gasteiger partial charge in [-0.25, -0.2) is 4.98 Å².